The first kappa shape index (κ1) is 16.1. The Bertz CT molecular complexity index is 628. The highest BCUT2D eigenvalue weighted by Gasteiger charge is 2.26. The highest BCUT2D eigenvalue weighted by molar-refractivity contribution is 5.03. The maximum atomic E-state index is 5.43. The van der Waals surface area contributed by atoms with Gasteiger partial charge in [0.1, 0.15) is 5.76 Å². The Hall–Kier alpha value is -1.73. The van der Waals surface area contributed by atoms with Crippen molar-refractivity contribution in [3.63, 3.8) is 0 Å². The molecule has 0 radical (unpaired) electrons. The van der Waals surface area contributed by atoms with Gasteiger partial charge in [-0.3, -0.25) is 9.80 Å². The second-order valence-corrected chi connectivity index (χ2v) is 6.56. The van der Waals surface area contributed by atoms with Crippen LogP contribution >= 0.6 is 0 Å². The number of nitrogens with zero attached hydrogens (tertiary/aromatic N) is 5. The molecule has 0 bridgehead atoms. The maximum absolute atomic E-state index is 5.43. The van der Waals surface area contributed by atoms with Crippen LogP contribution in [0.15, 0.2) is 15.1 Å². The van der Waals surface area contributed by atoms with Crippen LogP contribution in [-0.2, 0) is 6.54 Å². The number of hydrogen-bond acceptors (Lipinski definition) is 7. The Kier molecular flexibility index (Phi) is 4.77. The molecule has 0 saturated carbocycles. The molecule has 126 valence electrons. The number of aryl methyl sites for hydroxylation is 1. The molecule has 2 aromatic rings. The first-order chi connectivity index (χ1) is 11.0. The molecule has 1 saturated heterocycles. The van der Waals surface area contributed by atoms with Crippen LogP contribution < -0.4 is 0 Å². The maximum Gasteiger partial charge on any atom is 0.243 e. The molecular formula is C16H25N5O2. The van der Waals surface area contributed by atoms with Crippen molar-refractivity contribution in [2.45, 2.75) is 46.2 Å². The molecule has 2 aromatic heterocycles. The molecule has 3 rings (SSSR count). The molecule has 0 amide bonds. The van der Waals surface area contributed by atoms with Gasteiger partial charge in [0.2, 0.25) is 5.89 Å². The van der Waals surface area contributed by atoms with Gasteiger partial charge in [-0.05, 0) is 13.8 Å². The first-order valence-corrected chi connectivity index (χ1v) is 8.25. The minimum atomic E-state index is 0.159. The minimum Gasteiger partial charge on any atom is -0.361 e. The number of piperazine rings is 1. The van der Waals surface area contributed by atoms with E-state index in [0.717, 1.165) is 50.0 Å². The highest BCUT2D eigenvalue weighted by Crippen LogP contribution is 2.22. The molecule has 1 aliphatic rings. The summed E-state index contributed by atoms with van der Waals surface area (Å²) in [5.74, 6) is 2.66. The van der Waals surface area contributed by atoms with Gasteiger partial charge >= 0.3 is 0 Å². The fourth-order valence-corrected chi connectivity index (χ4v) is 2.84. The van der Waals surface area contributed by atoms with Crippen LogP contribution in [0, 0.1) is 6.92 Å². The SMILES string of the molecule is Cc1cc(CN2CCN([C@@H](C)c3nc(C(C)C)no3)CC2)no1. The van der Waals surface area contributed by atoms with E-state index in [1.54, 1.807) is 0 Å². The van der Waals surface area contributed by atoms with Gasteiger partial charge in [-0.1, -0.05) is 24.2 Å². The standard InChI is InChI=1S/C16H25N5O2/c1-11(2)15-17-16(23-19-15)13(4)21-7-5-20(6-8-21)10-14-9-12(3)22-18-14/h9,11,13H,5-8,10H2,1-4H3/t13-/m0/s1. The average Bonchev–Trinajstić information content (AvgIpc) is 3.17. The molecule has 1 fully saturated rings. The van der Waals surface area contributed by atoms with E-state index in [9.17, 15) is 0 Å². The highest BCUT2D eigenvalue weighted by atomic mass is 16.5. The normalized spacial score (nSPS) is 18.7. The monoisotopic (exact) mass is 319 g/mol. The predicted octanol–water partition coefficient (Wildman–Crippen LogP) is 2.37. The lowest BCUT2D eigenvalue weighted by Crippen LogP contribution is -2.46. The third-order valence-corrected chi connectivity index (χ3v) is 4.35. The van der Waals surface area contributed by atoms with Crippen molar-refractivity contribution >= 4 is 0 Å². The lowest BCUT2D eigenvalue weighted by Gasteiger charge is -2.36. The topological polar surface area (TPSA) is 71.4 Å². The zero-order valence-electron chi connectivity index (χ0n) is 14.3. The van der Waals surface area contributed by atoms with Crippen molar-refractivity contribution < 1.29 is 9.05 Å². The Morgan fingerprint density at radius 2 is 1.83 bits per heavy atom. The summed E-state index contributed by atoms with van der Waals surface area (Å²) in [6.07, 6.45) is 0. The van der Waals surface area contributed by atoms with E-state index in [1.807, 2.05) is 13.0 Å². The van der Waals surface area contributed by atoms with Crippen LogP contribution in [0.1, 0.15) is 55.9 Å². The summed E-state index contributed by atoms with van der Waals surface area (Å²) in [7, 11) is 0. The van der Waals surface area contributed by atoms with Gasteiger partial charge in [-0.15, -0.1) is 0 Å². The Morgan fingerprint density at radius 1 is 1.09 bits per heavy atom. The third kappa shape index (κ3) is 3.79. The Balaban J connectivity index is 1.53. The fraction of sp³-hybridized carbons (Fsp3) is 0.688. The lowest BCUT2D eigenvalue weighted by molar-refractivity contribution is 0.0833. The summed E-state index contributed by atoms with van der Waals surface area (Å²) in [6.45, 7) is 13.0. The second-order valence-electron chi connectivity index (χ2n) is 6.56. The quantitative estimate of drug-likeness (QED) is 0.837. The molecule has 1 atom stereocenters. The van der Waals surface area contributed by atoms with Crippen LogP contribution in [-0.4, -0.2) is 51.3 Å². The molecule has 1 aliphatic heterocycles. The molecular weight excluding hydrogens is 294 g/mol. The predicted molar refractivity (Wildman–Crippen MR) is 84.9 cm³/mol. The molecule has 7 nitrogen and oxygen atoms in total. The van der Waals surface area contributed by atoms with Gasteiger partial charge in [0.05, 0.1) is 11.7 Å². The summed E-state index contributed by atoms with van der Waals surface area (Å²) in [4.78, 5) is 9.31. The Labute approximate surface area is 136 Å². The summed E-state index contributed by atoms with van der Waals surface area (Å²) in [5.41, 5.74) is 1.00. The molecule has 0 N–H and O–H groups in total. The van der Waals surface area contributed by atoms with Crippen LogP contribution in [0.25, 0.3) is 0 Å². The fourth-order valence-electron chi connectivity index (χ4n) is 2.84. The van der Waals surface area contributed by atoms with Crippen molar-refractivity contribution in [3.8, 4) is 0 Å². The van der Waals surface area contributed by atoms with Crippen molar-refractivity contribution in [3.05, 3.63) is 29.2 Å². The van der Waals surface area contributed by atoms with Crippen LogP contribution in [0.3, 0.4) is 0 Å². The summed E-state index contributed by atoms with van der Waals surface area (Å²) in [5, 5.41) is 8.13. The third-order valence-electron chi connectivity index (χ3n) is 4.35. The molecule has 0 aliphatic carbocycles. The van der Waals surface area contributed by atoms with E-state index < -0.39 is 0 Å². The van der Waals surface area contributed by atoms with Gasteiger partial charge in [0.15, 0.2) is 5.82 Å². The van der Waals surface area contributed by atoms with E-state index in [0.29, 0.717) is 11.8 Å². The van der Waals surface area contributed by atoms with E-state index in [-0.39, 0.29) is 6.04 Å². The smallest absolute Gasteiger partial charge is 0.243 e. The van der Waals surface area contributed by atoms with Gasteiger partial charge < -0.3 is 9.05 Å². The zero-order valence-corrected chi connectivity index (χ0v) is 14.3. The van der Waals surface area contributed by atoms with Crippen molar-refractivity contribution in [2.24, 2.45) is 0 Å². The minimum absolute atomic E-state index is 0.159. The van der Waals surface area contributed by atoms with Crippen LogP contribution in [0.2, 0.25) is 0 Å². The molecule has 0 spiro atoms. The molecule has 7 heteroatoms. The number of hydrogen-bond donors (Lipinski definition) is 0. The summed E-state index contributed by atoms with van der Waals surface area (Å²) < 4.78 is 10.6. The second kappa shape index (κ2) is 6.80. The van der Waals surface area contributed by atoms with Gasteiger partial charge in [0, 0.05) is 44.7 Å². The van der Waals surface area contributed by atoms with E-state index in [4.69, 9.17) is 9.05 Å². The summed E-state index contributed by atoms with van der Waals surface area (Å²) >= 11 is 0. The van der Waals surface area contributed by atoms with Crippen LogP contribution in [0.4, 0.5) is 0 Å². The van der Waals surface area contributed by atoms with Crippen molar-refractivity contribution in [1.82, 2.24) is 25.1 Å². The molecule has 3 heterocycles. The Morgan fingerprint density at radius 3 is 2.39 bits per heavy atom. The van der Waals surface area contributed by atoms with Crippen molar-refractivity contribution in [1.29, 1.82) is 0 Å². The lowest BCUT2D eigenvalue weighted by atomic mass is 10.2. The number of rotatable bonds is 5. The van der Waals surface area contributed by atoms with E-state index in [2.05, 4.69) is 45.9 Å². The molecule has 0 unspecified atom stereocenters. The van der Waals surface area contributed by atoms with Gasteiger partial charge in [-0.25, -0.2) is 0 Å². The average molecular weight is 319 g/mol. The first-order valence-electron chi connectivity index (χ1n) is 8.25. The van der Waals surface area contributed by atoms with E-state index >= 15 is 0 Å². The van der Waals surface area contributed by atoms with Crippen LogP contribution in [0.5, 0.6) is 0 Å². The molecule has 23 heavy (non-hydrogen) atoms. The summed E-state index contributed by atoms with van der Waals surface area (Å²) in [6, 6.07) is 2.16. The van der Waals surface area contributed by atoms with Gasteiger partial charge in [-0.2, -0.15) is 4.98 Å². The van der Waals surface area contributed by atoms with Crippen molar-refractivity contribution in [2.75, 3.05) is 26.2 Å². The zero-order chi connectivity index (χ0) is 16.4. The largest absolute Gasteiger partial charge is 0.361 e. The van der Waals surface area contributed by atoms with E-state index in [1.165, 1.54) is 0 Å². The number of aromatic nitrogens is 3. The molecule has 0 aromatic carbocycles. The van der Waals surface area contributed by atoms with Gasteiger partial charge in [0.25, 0.3) is 0 Å².